The predicted molar refractivity (Wildman–Crippen MR) is 146 cm³/mol. The summed E-state index contributed by atoms with van der Waals surface area (Å²) in [6.07, 6.45) is 5.22. The van der Waals surface area contributed by atoms with Crippen molar-refractivity contribution in [2.24, 2.45) is 4.99 Å². The van der Waals surface area contributed by atoms with Crippen LogP contribution in [0.15, 0.2) is 65.0 Å². The molecule has 0 radical (unpaired) electrons. The minimum absolute atomic E-state index is 0.193. The largest absolute Gasteiger partial charge is 0.494 e. The number of sulfonamides is 1. The number of unbranched alkanes of at least 4 members (excludes halogenated alkanes) is 2. The molecule has 0 aliphatic heterocycles. The fourth-order valence-electron chi connectivity index (χ4n) is 3.79. The fraction of sp³-hybridized carbons (Fsp3) is 0.407. The molecule has 1 amide bonds. The van der Waals surface area contributed by atoms with Crippen LogP contribution in [0.5, 0.6) is 5.75 Å². The molecule has 1 heterocycles. The van der Waals surface area contributed by atoms with Gasteiger partial charge in [0.05, 0.1) is 21.7 Å². The summed E-state index contributed by atoms with van der Waals surface area (Å²) < 4.78 is 36.4. The van der Waals surface area contributed by atoms with E-state index in [1.807, 2.05) is 43.5 Å². The molecule has 0 atom stereocenters. The molecule has 7 nitrogen and oxygen atoms in total. The van der Waals surface area contributed by atoms with Crippen LogP contribution in [0.25, 0.3) is 10.2 Å². The number of thiazole rings is 1. The number of aromatic nitrogens is 1. The van der Waals surface area contributed by atoms with Gasteiger partial charge in [-0.25, -0.2) is 8.42 Å². The first kappa shape index (κ1) is 27.8. The van der Waals surface area contributed by atoms with Gasteiger partial charge in [0.25, 0.3) is 5.91 Å². The number of hydrogen-bond acceptors (Lipinski definition) is 5. The van der Waals surface area contributed by atoms with Crippen LogP contribution in [0.2, 0.25) is 0 Å². The zero-order valence-corrected chi connectivity index (χ0v) is 22.9. The number of ether oxygens (including phenoxy) is 1. The summed E-state index contributed by atoms with van der Waals surface area (Å²) in [5.74, 6) is 0.334. The maximum atomic E-state index is 13.2. The van der Waals surface area contributed by atoms with E-state index in [0.29, 0.717) is 36.6 Å². The highest BCUT2D eigenvalue weighted by atomic mass is 32.2. The van der Waals surface area contributed by atoms with Crippen LogP contribution in [-0.2, 0) is 16.6 Å². The smallest absolute Gasteiger partial charge is 0.279 e. The third-order valence-corrected chi connectivity index (χ3v) is 8.69. The fourth-order valence-corrected chi connectivity index (χ4v) is 6.38. The lowest BCUT2D eigenvalue weighted by Gasteiger charge is -2.22. The van der Waals surface area contributed by atoms with Gasteiger partial charge in [0.1, 0.15) is 5.75 Å². The molecule has 3 aromatic rings. The highest BCUT2D eigenvalue weighted by Gasteiger charge is 2.23. The Kier molecular flexibility index (Phi) is 10.0. The second kappa shape index (κ2) is 13.0. The zero-order chi connectivity index (χ0) is 26.1. The highest BCUT2D eigenvalue weighted by molar-refractivity contribution is 7.89. The van der Waals surface area contributed by atoms with Crippen LogP contribution >= 0.6 is 11.3 Å². The Morgan fingerprint density at radius 1 is 1.08 bits per heavy atom. The molecule has 0 saturated heterocycles. The summed E-state index contributed by atoms with van der Waals surface area (Å²) in [6.45, 7) is 11.9. The first-order valence-corrected chi connectivity index (χ1v) is 14.7. The quantitative estimate of drug-likeness (QED) is 0.269. The zero-order valence-electron chi connectivity index (χ0n) is 21.3. The number of amides is 1. The van der Waals surface area contributed by atoms with Crippen LogP contribution in [0.1, 0.15) is 56.8 Å². The Hall–Kier alpha value is -2.75. The Labute approximate surface area is 217 Å². The van der Waals surface area contributed by atoms with Gasteiger partial charge in [0, 0.05) is 25.2 Å². The van der Waals surface area contributed by atoms with Crippen LogP contribution < -0.4 is 9.54 Å². The van der Waals surface area contributed by atoms with Gasteiger partial charge in [0.2, 0.25) is 10.0 Å². The monoisotopic (exact) mass is 529 g/mol. The van der Waals surface area contributed by atoms with E-state index in [0.717, 1.165) is 41.6 Å². The number of nitrogens with zero attached hydrogens (tertiary/aromatic N) is 3. The van der Waals surface area contributed by atoms with Crippen molar-refractivity contribution in [1.29, 1.82) is 0 Å². The van der Waals surface area contributed by atoms with Gasteiger partial charge in [-0.2, -0.15) is 9.30 Å². The van der Waals surface area contributed by atoms with Crippen molar-refractivity contribution in [2.75, 3.05) is 19.7 Å². The second-order valence-electron chi connectivity index (χ2n) is 8.40. The van der Waals surface area contributed by atoms with Crippen LogP contribution in [0, 0.1) is 0 Å². The normalized spacial score (nSPS) is 12.4. The molecule has 0 spiro atoms. The minimum atomic E-state index is -3.62. The Bertz CT molecular complexity index is 1350. The minimum Gasteiger partial charge on any atom is -0.494 e. The molecule has 0 aliphatic rings. The molecule has 0 saturated carbocycles. The van der Waals surface area contributed by atoms with Crippen LogP contribution in [0.4, 0.5) is 0 Å². The summed E-state index contributed by atoms with van der Waals surface area (Å²) in [5, 5.41) is 0. The van der Waals surface area contributed by atoms with Gasteiger partial charge in [-0.05, 0) is 62.2 Å². The molecule has 3 rings (SSSR count). The third kappa shape index (κ3) is 6.52. The summed E-state index contributed by atoms with van der Waals surface area (Å²) in [6, 6.07) is 11.9. The van der Waals surface area contributed by atoms with Gasteiger partial charge < -0.3 is 9.30 Å². The lowest BCUT2D eigenvalue weighted by molar-refractivity contribution is 0.0997. The van der Waals surface area contributed by atoms with Crippen molar-refractivity contribution < 1.29 is 17.9 Å². The first-order valence-electron chi connectivity index (χ1n) is 12.4. The predicted octanol–water partition coefficient (Wildman–Crippen LogP) is 5.62. The Balaban J connectivity index is 1.91. The van der Waals surface area contributed by atoms with E-state index in [4.69, 9.17) is 4.74 Å². The molecular weight excluding hydrogens is 494 g/mol. The number of fused-ring (bicyclic) bond motifs is 1. The van der Waals surface area contributed by atoms with Crippen molar-refractivity contribution in [1.82, 2.24) is 8.87 Å². The molecule has 9 heteroatoms. The molecule has 0 bridgehead atoms. The first-order chi connectivity index (χ1) is 17.3. The maximum Gasteiger partial charge on any atom is 0.279 e. The molecule has 0 N–H and O–H groups in total. The molecule has 36 heavy (non-hydrogen) atoms. The van der Waals surface area contributed by atoms with E-state index in [1.54, 1.807) is 10.4 Å². The molecule has 0 fully saturated rings. The average Bonchev–Trinajstić information content (AvgIpc) is 3.20. The number of carbonyl (C=O) groups excluding carboxylic acids is 1. The van der Waals surface area contributed by atoms with Gasteiger partial charge in [0.15, 0.2) is 4.80 Å². The summed E-state index contributed by atoms with van der Waals surface area (Å²) in [4.78, 5) is 18.1. The van der Waals surface area contributed by atoms with E-state index in [9.17, 15) is 13.2 Å². The number of carbonyl (C=O) groups is 1. The molecule has 0 unspecified atom stereocenters. The molecule has 2 aromatic carbocycles. The average molecular weight is 530 g/mol. The van der Waals surface area contributed by atoms with E-state index in [-0.39, 0.29) is 4.90 Å². The van der Waals surface area contributed by atoms with Gasteiger partial charge in [-0.3, -0.25) is 4.79 Å². The highest BCUT2D eigenvalue weighted by Crippen LogP contribution is 2.24. The van der Waals surface area contributed by atoms with E-state index in [1.165, 1.54) is 35.6 Å². The van der Waals surface area contributed by atoms with Crippen LogP contribution in [-0.4, -0.2) is 42.9 Å². The van der Waals surface area contributed by atoms with Crippen molar-refractivity contribution in [3.05, 3.63) is 65.5 Å². The lowest BCUT2D eigenvalue weighted by atomic mass is 10.2. The van der Waals surface area contributed by atoms with Crippen molar-refractivity contribution in [3.8, 4) is 5.75 Å². The summed E-state index contributed by atoms with van der Waals surface area (Å²) >= 11 is 1.40. The molecule has 0 aliphatic carbocycles. The van der Waals surface area contributed by atoms with Gasteiger partial charge in [-0.15, -0.1) is 6.58 Å². The molecule has 194 valence electrons. The number of allylic oxidation sites excluding steroid dienone is 1. The lowest BCUT2D eigenvalue weighted by Crippen LogP contribution is -2.33. The van der Waals surface area contributed by atoms with E-state index < -0.39 is 15.9 Å². The van der Waals surface area contributed by atoms with Crippen molar-refractivity contribution >= 4 is 37.5 Å². The van der Waals surface area contributed by atoms with E-state index in [2.05, 4.69) is 11.6 Å². The summed E-state index contributed by atoms with van der Waals surface area (Å²) in [7, 11) is -3.62. The standard InChI is InChI=1S/C27H35N3O4S2/c1-5-9-18-29(19-10-6-2)36(32,33)23-14-11-21(12-15-23)26(31)28-27-30(17-7-3)24-16-13-22(34-8-4)20-25(24)35-27/h7,11-16,20H,3,5-6,8-10,17-19H2,1-2,4H3. The van der Waals surface area contributed by atoms with E-state index >= 15 is 0 Å². The maximum absolute atomic E-state index is 13.2. The summed E-state index contributed by atoms with van der Waals surface area (Å²) in [5.41, 5.74) is 1.27. The molecular formula is C27H35N3O4S2. The number of hydrogen-bond donors (Lipinski definition) is 0. The van der Waals surface area contributed by atoms with Crippen molar-refractivity contribution in [3.63, 3.8) is 0 Å². The third-order valence-electron chi connectivity index (χ3n) is 5.74. The SMILES string of the molecule is C=CCn1c(=NC(=O)c2ccc(S(=O)(=O)N(CCCC)CCCC)cc2)sc2cc(OCC)ccc21. The Morgan fingerprint density at radius 2 is 1.75 bits per heavy atom. The van der Waals surface area contributed by atoms with Crippen LogP contribution in [0.3, 0.4) is 0 Å². The Morgan fingerprint density at radius 3 is 2.33 bits per heavy atom. The molecule has 1 aromatic heterocycles. The number of benzene rings is 2. The number of rotatable bonds is 13. The van der Waals surface area contributed by atoms with Crippen molar-refractivity contribution in [2.45, 2.75) is 57.9 Å². The second-order valence-corrected chi connectivity index (χ2v) is 11.3. The van der Waals surface area contributed by atoms with Gasteiger partial charge in [-0.1, -0.05) is 44.1 Å². The van der Waals surface area contributed by atoms with Gasteiger partial charge >= 0.3 is 0 Å². The topological polar surface area (TPSA) is 81.0 Å².